The summed E-state index contributed by atoms with van der Waals surface area (Å²) in [7, 11) is 1.75. The zero-order valence-corrected chi connectivity index (χ0v) is 20.8. The summed E-state index contributed by atoms with van der Waals surface area (Å²) in [5.74, 6) is 0.582. The quantitative estimate of drug-likeness (QED) is 0.300. The molecular formula is C27H22ClN3O3S. The molecule has 1 aliphatic rings. The third kappa shape index (κ3) is 4.99. The topological polar surface area (TPSA) is 65.8 Å². The minimum absolute atomic E-state index is 0.158. The van der Waals surface area contributed by atoms with Gasteiger partial charge in [0, 0.05) is 12.6 Å². The maximum Gasteiger partial charge on any atom is 0.281 e. The van der Waals surface area contributed by atoms with Crippen LogP contribution in [0.4, 0.5) is 5.69 Å². The number of carbonyl (C=O) groups excluding carboxylic acids is 1. The molecule has 0 aromatic heterocycles. The van der Waals surface area contributed by atoms with Gasteiger partial charge in [0.25, 0.3) is 5.91 Å². The summed E-state index contributed by atoms with van der Waals surface area (Å²) in [5.41, 5.74) is 3.05. The Labute approximate surface area is 214 Å². The first-order valence-corrected chi connectivity index (χ1v) is 11.7. The highest BCUT2D eigenvalue weighted by atomic mass is 35.5. The van der Waals surface area contributed by atoms with Crippen LogP contribution in [0.3, 0.4) is 0 Å². The van der Waals surface area contributed by atoms with Crippen molar-refractivity contribution in [2.45, 2.75) is 13.5 Å². The number of hydrogen-bond donors (Lipinski definition) is 0. The number of rotatable bonds is 7. The van der Waals surface area contributed by atoms with Gasteiger partial charge in [-0.2, -0.15) is 5.26 Å². The first-order chi connectivity index (χ1) is 16.9. The van der Waals surface area contributed by atoms with E-state index in [2.05, 4.69) is 6.07 Å². The van der Waals surface area contributed by atoms with E-state index in [9.17, 15) is 10.1 Å². The highest BCUT2D eigenvalue weighted by Gasteiger charge is 2.36. The predicted octanol–water partition coefficient (Wildman–Crippen LogP) is 5.79. The van der Waals surface area contributed by atoms with Gasteiger partial charge in [0.1, 0.15) is 12.3 Å². The van der Waals surface area contributed by atoms with Gasteiger partial charge in [0.15, 0.2) is 16.6 Å². The average Bonchev–Trinajstić information content (AvgIpc) is 3.07. The Morgan fingerprint density at radius 3 is 2.51 bits per heavy atom. The minimum Gasteiger partial charge on any atom is -0.490 e. The number of likely N-dealkylation sites (N-methyl/N-ethyl adjacent to an activating group) is 1. The molecule has 176 valence electrons. The maximum absolute atomic E-state index is 13.2. The van der Waals surface area contributed by atoms with Gasteiger partial charge in [-0.05, 0) is 61.1 Å². The molecule has 1 fully saturated rings. The molecule has 6 nitrogen and oxygen atoms in total. The lowest BCUT2D eigenvalue weighted by Gasteiger charge is -2.16. The SMILES string of the molecule is CCOc1cc(/C=C2/C(=O)N(c3ccccc3)C(=S)N2C)cc(Cl)c1OCc1ccccc1C#N. The molecule has 0 unspecified atom stereocenters. The summed E-state index contributed by atoms with van der Waals surface area (Å²) in [6.07, 6.45) is 1.72. The number of halogens is 1. The molecule has 0 spiro atoms. The van der Waals surface area contributed by atoms with Gasteiger partial charge in [-0.25, -0.2) is 0 Å². The van der Waals surface area contributed by atoms with Crippen molar-refractivity contribution >= 4 is 46.6 Å². The first-order valence-electron chi connectivity index (χ1n) is 10.9. The van der Waals surface area contributed by atoms with Crippen molar-refractivity contribution < 1.29 is 14.3 Å². The van der Waals surface area contributed by atoms with E-state index >= 15 is 0 Å². The average molecular weight is 504 g/mol. The highest BCUT2D eigenvalue weighted by molar-refractivity contribution is 7.80. The largest absolute Gasteiger partial charge is 0.490 e. The van der Waals surface area contributed by atoms with Crippen molar-refractivity contribution in [1.29, 1.82) is 5.26 Å². The number of carbonyl (C=O) groups is 1. The second-order valence-corrected chi connectivity index (χ2v) is 8.44. The Bertz CT molecular complexity index is 1350. The summed E-state index contributed by atoms with van der Waals surface area (Å²) in [6, 6.07) is 22.1. The third-order valence-corrected chi connectivity index (χ3v) is 6.16. The van der Waals surface area contributed by atoms with Gasteiger partial charge in [0.05, 0.1) is 28.9 Å². The van der Waals surface area contributed by atoms with Gasteiger partial charge < -0.3 is 14.4 Å². The molecule has 0 bridgehead atoms. The molecule has 1 saturated heterocycles. The second kappa shape index (κ2) is 10.6. The van der Waals surface area contributed by atoms with Crippen LogP contribution in [0.1, 0.15) is 23.6 Å². The lowest BCUT2D eigenvalue weighted by Crippen LogP contribution is -2.30. The van der Waals surface area contributed by atoms with Crippen molar-refractivity contribution in [2.75, 3.05) is 18.6 Å². The van der Waals surface area contributed by atoms with Crippen LogP contribution in [0.2, 0.25) is 5.02 Å². The standard InChI is InChI=1S/C27H22ClN3O3S/c1-3-33-24-15-18(13-22(28)25(24)34-17-20-10-8-7-9-19(20)16-29)14-23-26(32)31(27(35)30(23)2)21-11-5-4-6-12-21/h4-15H,3,17H2,1-2H3/b23-14-. The van der Waals surface area contributed by atoms with Gasteiger partial charge in [-0.1, -0.05) is 48.0 Å². The Morgan fingerprint density at radius 2 is 1.80 bits per heavy atom. The lowest BCUT2D eigenvalue weighted by molar-refractivity contribution is -0.114. The highest BCUT2D eigenvalue weighted by Crippen LogP contribution is 2.38. The Morgan fingerprint density at radius 1 is 1.09 bits per heavy atom. The van der Waals surface area contributed by atoms with Crippen LogP contribution in [-0.2, 0) is 11.4 Å². The molecule has 0 radical (unpaired) electrons. The summed E-state index contributed by atoms with van der Waals surface area (Å²) in [4.78, 5) is 16.4. The number of nitrogens with zero attached hydrogens (tertiary/aromatic N) is 3. The number of benzene rings is 3. The van der Waals surface area contributed by atoms with Crippen LogP contribution in [0.15, 0.2) is 72.4 Å². The number of anilines is 1. The molecule has 0 saturated carbocycles. The van der Waals surface area contributed by atoms with Gasteiger partial charge in [-0.3, -0.25) is 9.69 Å². The fraction of sp³-hybridized carbons (Fsp3) is 0.148. The van der Waals surface area contributed by atoms with E-state index in [4.69, 9.17) is 33.3 Å². The van der Waals surface area contributed by atoms with E-state index in [0.29, 0.717) is 50.8 Å². The lowest BCUT2D eigenvalue weighted by atomic mass is 10.1. The molecule has 35 heavy (non-hydrogen) atoms. The molecule has 0 N–H and O–H groups in total. The van der Waals surface area contributed by atoms with Gasteiger partial charge in [0.2, 0.25) is 0 Å². The van der Waals surface area contributed by atoms with Crippen LogP contribution in [0.5, 0.6) is 11.5 Å². The molecule has 3 aromatic rings. The molecule has 1 amide bonds. The van der Waals surface area contributed by atoms with E-state index in [1.807, 2.05) is 49.4 Å². The smallest absolute Gasteiger partial charge is 0.281 e. The molecule has 1 heterocycles. The molecule has 3 aromatic carbocycles. The van der Waals surface area contributed by atoms with Crippen LogP contribution in [-0.4, -0.2) is 29.6 Å². The Kier molecular flexibility index (Phi) is 7.35. The summed E-state index contributed by atoms with van der Waals surface area (Å²) in [6.45, 7) is 2.41. The van der Waals surface area contributed by atoms with E-state index in [-0.39, 0.29) is 12.5 Å². The van der Waals surface area contributed by atoms with E-state index in [1.54, 1.807) is 42.3 Å². The summed E-state index contributed by atoms with van der Waals surface area (Å²) < 4.78 is 11.8. The monoisotopic (exact) mass is 503 g/mol. The van der Waals surface area contributed by atoms with E-state index < -0.39 is 0 Å². The molecule has 0 atom stereocenters. The molecular weight excluding hydrogens is 482 g/mol. The summed E-state index contributed by atoms with van der Waals surface area (Å²) in [5, 5.41) is 10.0. The van der Waals surface area contributed by atoms with Crippen molar-refractivity contribution in [1.82, 2.24) is 4.90 Å². The summed E-state index contributed by atoms with van der Waals surface area (Å²) >= 11 is 12.1. The number of para-hydroxylation sites is 1. The number of ether oxygens (including phenoxy) is 2. The maximum atomic E-state index is 13.2. The van der Waals surface area contributed by atoms with Crippen LogP contribution >= 0.6 is 23.8 Å². The molecule has 8 heteroatoms. The fourth-order valence-corrected chi connectivity index (χ4v) is 4.26. The van der Waals surface area contributed by atoms with Gasteiger partial charge >= 0.3 is 0 Å². The number of nitriles is 1. The predicted molar refractivity (Wildman–Crippen MR) is 140 cm³/mol. The Hall–Kier alpha value is -3.86. The third-order valence-electron chi connectivity index (χ3n) is 5.42. The zero-order valence-electron chi connectivity index (χ0n) is 19.2. The van der Waals surface area contributed by atoms with Crippen LogP contribution < -0.4 is 14.4 Å². The van der Waals surface area contributed by atoms with E-state index in [0.717, 1.165) is 5.56 Å². The van der Waals surface area contributed by atoms with Crippen molar-refractivity contribution in [3.05, 3.63) is 94.1 Å². The van der Waals surface area contributed by atoms with Crippen molar-refractivity contribution in [2.24, 2.45) is 0 Å². The molecule has 4 rings (SSSR count). The van der Waals surface area contributed by atoms with Crippen LogP contribution in [0, 0.1) is 11.3 Å². The van der Waals surface area contributed by atoms with E-state index in [1.165, 1.54) is 4.90 Å². The number of hydrogen-bond acceptors (Lipinski definition) is 5. The number of thiocarbonyl (C=S) groups is 1. The van der Waals surface area contributed by atoms with Gasteiger partial charge in [-0.15, -0.1) is 0 Å². The zero-order chi connectivity index (χ0) is 24.9. The normalized spacial score (nSPS) is 14.4. The van der Waals surface area contributed by atoms with Crippen molar-refractivity contribution in [3.8, 4) is 17.6 Å². The molecule has 1 aliphatic heterocycles. The number of amides is 1. The van der Waals surface area contributed by atoms with Crippen LogP contribution in [0.25, 0.3) is 6.08 Å². The minimum atomic E-state index is -0.230. The van der Waals surface area contributed by atoms with Crippen molar-refractivity contribution in [3.63, 3.8) is 0 Å². The fourth-order valence-electron chi connectivity index (χ4n) is 3.70. The second-order valence-electron chi connectivity index (χ2n) is 7.67. The Balaban J connectivity index is 1.65. The molecule has 0 aliphatic carbocycles. The first kappa shape index (κ1) is 24.3.